The fraction of sp³-hybridized carbons (Fsp3) is 0.400. The summed E-state index contributed by atoms with van der Waals surface area (Å²) in [4.78, 5) is 27.7. The van der Waals surface area contributed by atoms with Crippen LogP contribution in [0.5, 0.6) is 0 Å². The van der Waals surface area contributed by atoms with Gasteiger partial charge in [0.2, 0.25) is 11.8 Å². The lowest BCUT2D eigenvalue weighted by molar-refractivity contribution is -0.138. The molecule has 0 bridgehead atoms. The molecule has 0 radical (unpaired) electrons. The van der Waals surface area contributed by atoms with Crippen LogP contribution in [0.15, 0.2) is 46.7 Å². The van der Waals surface area contributed by atoms with Crippen molar-refractivity contribution in [3.63, 3.8) is 0 Å². The molecule has 29 heavy (non-hydrogen) atoms. The number of sulfonamides is 1. The van der Waals surface area contributed by atoms with Crippen LogP contribution in [0.25, 0.3) is 0 Å². The first-order valence-electron chi connectivity index (χ1n) is 9.41. The summed E-state index contributed by atoms with van der Waals surface area (Å²) in [6.45, 7) is 0.817. The number of carbonyl (C=O) groups excluding carboxylic acids is 2. The summed E-state index contributed by atoms with van der Waals surface area (Å²) in [5.41, 5.74) is 0.928. The number of rotatable bonds is 7. The van der Waals surface area contributed by atoms with Gasteiger partial charge in [-0.25, -0.2) is 12.7 Å². The molecule has 7 nitrogen and oxygen atoms in total. The molecule has 1 atom stereocenters. The number of benzene rings is 1. The van der Waals surface area contributed by atoms with Crippen molar-refractivity contribution in [2.75, 3.05) is 20.6 Å². The Bertz CT molecular complexity index is 971. The molecule has 156 valence electrons. The molecule has 0 spiro atoms. The molecule has 2 amide bonds. The van der Waals surface area contributed by atoms with Gasteiger partial charge in [-0.15, -0.1) is 11.3 Å². The van der Waals surface area contributed by atoms with Crippen LogP contribution in [-0.4, -0.2) is 56.1 Å². The highest BCUT2D eigenvalue weighted by Crippen LogP contribution is 2.24. The molecule has 0 aliphatic carbocycles. The second-order valence-electron chi connectivity index (χ2n) is 7.13. The quantitative estimate of drug-likeness (QED) is 0.719. The summed E-state index contributed by atoms with van der Waals surface area (Å²) >= 11 is 1.14. The first kappa shape index (κ1) is 21.5. The van der Waals surface area contributed by atoms with Crippen molar-refractivity contribution in [2.45, 2.75) is 36.1 Å². The standard InChI is InChI=1S/C20H25N3O4S2/c1-22(2)29(26,27)19-11-10-16(28-19)14-21-20(25)17-9-6-12-23(17)18(24)13-15-7-4-3-5-8-15/h3-5,7-8,10-11,17H,6,9,12-14H2,1-2H3,(H,21,25). The highest BCUT2D eigenvalue weighted by atomic mass is 32.2. The van der Waals surface area contributed by atoms with Gasteiger partial charge in [-0.05, 0) is 30.5 Å². The highest BCUT2D eigenvalue weighted by molar-refractivity contribution is 7.91. The van der Waals surface area contributed by atoms with Gasteiger partial charge in [0.25, 0.3) is 10.0 Å². The van der Waals surface area contributed by atoms with E-state index in [-0.39, 0.29) is 29.0 Å². The Kier molecular flexibility index (Phi) is 6.71. The van der Waals surface area contributed by atoms with Crippen LogP contribution in [0, 0.1) is 0 Å². The lowest BCUT2D eigenvalue weighted by Crippen LogP contribution is -2.46. The molecule has 1 unspecified atom stereocenters. The van der Waals surface area contributed by atoms with Crippen LogP contribution in [-0.2, 0) is 32.6 Å². The van der Waals surface area contributed by atoms with E-state index < -0.39 is 16.1 Å². The smallest absolute Gasteiger partial charge is 0.252 e. The van der Waals surface area contributed by atoms with Gasteiger partial charge in [-0.2, -0.15) is 0 Å². The van der Waals surface area contributed by atoms with Gasteiger partial charge < -0.3 is 10.2 Å². The lowest BCUT2D eigenvalue weighted by Gasteiger charge is -2.24. The molecule has 2 heterocycles. The third kappa shape index (κ3) is 5.04. The number of amides is 2. The lowest BCUT2D eigenvalue weighted by atomic mass is 10.1. The van der Waals surface area contributed by atoms with E-state index in [1.54, 1.807) is 17.0 Å². The van der Waals surface area contributed by atoms with E-state index in [9.17, 15) is 18.0 Å². The Labute approximate surface area is 175 Å². The minimum atomic E-state index is -3.47. The SMILES string of the molecule is CN(C)S(=O)(=O)c1ccc(CNC(=O)C2CCCN2C(=O)Cc2ccccc2)s1. The van der Waals surface area contributed by atoms with Crippen LogP contribution < -0.4 is 5.32 Å². The summed E-state index contributed by atoms with van der Waals surface area (Å²) in [6, 6.07) is 12.3. The van der Waals surface area contributed by atoms with Crippen molar-refractivity contribution in [1.82, 2.24) is 14.5 Å². The fourth-order valence-corrected chi connectivity index (χ4v) is 5.74. The van der Waals surface area contributed by atoms with E-state index in [0.29, 0.717) is 13.0 Å². The van der Waals surface area contributed by atoms with Crippen LogP contribution in [0.1, 0.15) is 23.3 Å². The second kappa shape index (κ2) is 9.06. The van der Waals surface area contributed by atoms with Crippen molar-refractivity contribution in [1.29, 1.82) is 0 Å². The number of hydrogen-bond acceptors (Lipinski definition) is 5. The number of thiophene rings is 1. The third-order valence-electron chi connectivity index (χ3n) is 4.88. The van der Waals surface area contributed by atoms with Crippen molar-refractivity contribution < 1.29 is 18.0 Å². The minimum Gasteiger partial charge on any atom is -0.349 e. The van der Waals surface area contributed by atoms with Crippen molar-refractivity contribution in [2.24, 2.45) is 0 Å². The summed E-state index contributed by atoms with van der Waals surface area (Å²) < 4.78 is 25.7. The molecule has 1 aromatic heterocycles. The Morgan fingerprint density at radius 2 is 1.90 bits per heavy atom. The van der Waals surface area contributed by atoms with E-state index in [4.69, 9.17) is 0 Å². The molecule has 1 saturated heterocycles. The molecule has 1 fully saturated rings. The largest absolute Gasteiger partial charge is 0.349 e. The van der Waals surface area contributed by atoms with Crippen molar-refractivity contribution >= 4 is 33.2 Å². The maximum absolute atomic E-state index is 12.7. The molecule has 9 heteroatoms. The molecule has 1 N–H and O–H groups in total. The Morgan fingerprint density at radius 1 is 1.17 bits per heavy atom. The van der Waals surface area contributed by atoms with Crippen LogP contribution in [0.4, 0.5) is 0 Å². The Hall–Kier alpha value is -2.23. The van der Waals surface area contributed by atoms with Crippen LogP contribution in [0.3, 0.4) is 0 Å². The average Bonchev–Trinajstić information content (AvgIpc) is 3.36. The zero-order valence-electron chi connectivity index (χ0n) is 16.5. The summed E-state index contributed by atoms with van der Waals surface area (Å²) in [7, 11) is -0.506. The maximum atomic E-state index is 12.7. The molecule has 2 aromatic rings. The zero-order chi connectivity index (χ0) is 21.0. The molecule has 3 rings (SSSR count). The number of carbonyl (C=O) groups is 2. The summed E-state index contributed by atoms with van der Waals surface area (Å²) in [6.07, 6.45) is 1.71. The molecular weight excluding hydrogens is 410 g/mol. The van der Waals surface area contributed by atoms with Crippen LogP contribution >= 0.6 is 11.3 Å². The van der Waals surface area contributed by atoms with E-state index in [0.717, 1.165) is 32.5 Å². The summed E-state index contributed by atoms with van der Waals surface area (Å²) in [5, 5.41) is 2.85. The van der Waals surface area contributed by atoms with Gasteiger partial charge in [0.05, 0.1) is 13.0 Å². The van der Waals surface area contributed by atoms with Gasteiger partial charge in [-0.1, -0.05) is 30.3 Å². The monoisotopic (exact) mass is 435 g/mol. The van der Waals surface area contributed by atoms with Crippen LogP contribution in [0.2, 0.25) is 0 Å². The average molecular weight is 436 g/mol. The second-order valence-corrected chi connectivity index (χ2v) is 10.7. The number of nitrogens with one attached hydrogen (secondary N) is 1. The van der Waals surface area contributed by atoms with E-state index in [1.807, 2.05) is 30.3 Å². The third-order valence-corrected chi connectivity index (χ3v) is 8.25. The van der Waals surface area contributed by atoms with Gasteiger partial charge in [0, 0.05) is 25.5 Å². The molecule has 1 aliphatic heterocycles. The first-order valence-corrected chi connectivity index (χ1v) is 11.7. The highest BCUT2D eigenvalue weighted by Gasteiger charge is 2.33. The fourth-order valence-electron chi connectivity index (χ4n) is 3.27. The number of hydrogen-bond donors (Lipinski definition) is 1. The summed E-state index contributed by atoms with van der Waals surface area (Å²) in [5.74, 6) is -0.251. The van der Waals surface area contributed by atoms with Gasteiger partial charge >= 0.3 is 0 Å². The van der Waals surface area contributed by atoms with Crippen molar-refractivity contribution in [3.05, 3.63) is 52.9 Å². The zero-order valence-corrected chi connectivity index (χ0v) is 18.1. The van der Waals surface area contributed by atoms with E-state index in [2.05, 4.69) is 5.32 Å². The van der Waals surface area contributed by atoms with Gasteiger partial charge in [-0.3, -0.25) is 9.59 Å². The Balaban J connectivity index is 1.59. The molecule has 0 saturated carbocycles. The van der Waals surface area contributed by atoms with Gasteiger partial charge in [0.1, 0.15) is 10.3 Å². The van der Waals surface area contributed by atoms with E-state index >= 15 is 0 Å². The molecule has 1 aromatic carbocycles. The topological polar surface area (TPSA) is 86.8 Å². The number of likely N-dealkylation sites (tertiary alicyclic amines) is 1. The predicted molar refractivity (Wildman–Crippen MR) is 112 cm³/mol. The minimum absolute atomic E-state index is 0.0515. The normalized spacial score (nSPS) is 16.9. The van der Waals surface area contributed by atoms with E-state index in [1.165, 1.54) is 14.1 Å². The first-order chi connectivity index (χ1) is 13.8. The molecular formula is C20H25N3O4S2. The maximum Gasteiger partial charge on any atom is 0.252 e. The number of nitrogens with zero attached hydrogens (tertiary/aromatic N) is 2. The van der Waals surface area contributed by atoms with Crippen molar-refractivity contribution in [3.8, 4) is 0 Å². The Morgan fingerprint density at radius 3 is 2.59 bits per heavy atom. The van der Waals surface area contributed by atoms with Gasteiger partial charge in [0.15, 0.2) is 0 Å². The molecule has 1 aliphatic rings. The predicted octanol–water partition coefficient (Wildman–Crippen LogP) is 1.85.